The molecule has 5 nitrogen and oxygen atoms in total. The molecule has 2 aromatic rings. The van der Waals surface area contributed by atoms with Crippen LogP contribution in [0.15, 0.2) is 16.9 Å². The largest absolute Gasteiger partial charge is 0.486 e. The number of aliphatic hydroxyl groups is 2. The average molecular weight is 286 g/mol. The number of hydrogen-bond donors (Lipinski definition) is 3. The third kappa shape index (κ3) is 1.64. The molecule has 0 saturated heterocycles. The fourth-order valence-electron chi connectivity index (χ4n) is 2.21. The van der Waals surface area contributed by atoms with Gasteiger partial charge in [0.15, 0.2) is 5.82 Å². The molecular formula is C12H9ClFNO4. The van der Waals surface area contributed by atoms with Crippen molar-refractivity contribution in [3.8, 4) is 5.75 Å². The summed E-state index contributed by atoms with van der Waals surface area (Å²) in [5, 5.41) is 19.6. The predicted molar refractivity (Wildman–Crippen MR) is 65.7 cm³/mol. The first-order chi connectivity index (χ1) is 8.95. The lowest BCUT2D eigenvalue weighted by Crippen LogP contribution is -2.32. The van der Waals surface area contributed by atoms with Crippen LogP contribution in [0.2, 0.25) is 0 Å². The number of halogens is 2. The number of aromatic amines is 1. The summed E-state index contributed by atoms with van der Waals surface area (Å²) in [6, 6.07) is 2.98. The van der Waals surface area contributed by atoms with E-state index in [1.165, 1.54) is 12.1 Å². The van der Waals surface area contributed by atoms with Crippen LogP contribution in [0.5, 0.6) is 5.75 Å². The molecule has 0 spiro atoms. The minimum Gasteiger partial charge on any atom is -0.486 e. The zero-order chi connectivity index (χ0) is 13.8. The van der Waals surface area contributed by atoms with E-state index in [1.807, 2.05) is 0 Å². The van der Waals surface area contributed by atoms with Crippen molar-refractivity contribution >= 4 is 22.5 Å². The Morgan fingerprint density at radius 2 is 2.21 bits per heavy atom. The Labute approximate surface area is 111 Å². The van der Waals surface area contributed by atoms with E-state index < -0.39 is 23.8 Å². The molecule has 0 radical (unpaired) electrons. The zero-order valence-electron chi connectivity index (χ0n) is 9.54. The third-order valence-electron chi connectivity index (χ3n) is 3.12. The molecule has 0 saturated carbocycles. The maximum absolute atomic E-state index is 14.1. The fourth-order valence-corrected chi connectivity index (χ4v) is 2.41. The van der Waals surface area contributed by atoms with Gasteiger partial charge in [-0.25, -0.2) is 4.39 Å². The standard InChI is InChI=1S/C12H9ClFNO4/c13-3-5-1-2-6-9(8(5)14)15-11(16)7-10(6)19-4-12(7,17)18/h1-2,17-18H,3-4H2,(H,15,16). The first kappa shape index (κ1) is 12.4. The molecule has 1 aliphatic heterocycles. The number of rotatable bonds is 1. The van der Waals surface area contributed by atoms with Crippen molar-refractivity contribution < 1.29 is 19.3 Å². The van der Waals surface area contributed by atoms with Crippen molar-refractivity contribution in [3.63, 3.8) is 0 Å². The van der Waals surface area contributed by atoms with Crippen LogP contribution in [0, 0.1) is 5.82 Å². The van der Waals surface area contributed by atoms with Gasteiger partial charge in [-0.1, -0.05) is 6.07 Å². The lowest BCUT2D eigenvalue weighted by Gasteiger charge is -2.11. The van der Waals surface area contributed by atoms with Gasteiger partial charge in [0.25, 0.3) is 5.56 Å². The Balaban J connectivity index is 2.44. The van der Waals surface area contributed by atoms with Crippen molar-refractivity contribution in [1.82, 2.24) is 4.98 Å². The Morgan fingerprint density at radius 3 is 2.89 bits per heavy atom. The molecule has 19 heavy (non-hydrogen) atoms. The highest BCUT2D eigenvalue weighted by Gasteiger charge is 2.41. The van der Waals surface area contributed by atoms with Crippen molar-refractivity contribution in [2.24, 2.45) is 0 Å². The second-order valence-corrected chi connectivity index (χ2v) is 4.63. The van der Waals surface area contributed by atoms with Crippen molar-refractivity contribution in [2.45, 2.75) is 11.7 Å². The number of pyridine rings is 1. The van der Waals surface area contributed by atoms with E-state index in [2.05, 4.69) is 4.98 Å². The monoisotopic (exact) mass is 285 g/mol. The molecule has 0 fully saturated rings. The molecule has 0 amide bonds. The number of aromatic nitrogens is 1. The molecule has 1 aromatic carbocycles. The summed E-state index contributed by atoms with van der Waals surface area (Å²) in [6.45, 7) is -0.469. The van der Waals surface area contributed by atoms with Gasteiger partial charge in [-0.2, -0.15) is 0 Å². The summed E-state index contributed by atoms with van der Waals surface area (Å²) in [5.74, 6) is -3.06. The van der Waals surface area contributed by atoms with Gasteiger partial charge in [0.05, 0.1) is 11.4 Å². The van der Waals surface area contributed by atoms with Crippen molar-refractivity contribution in [3.05, 3.63) is 39.4 Å². The van der Waals surface area contributed by atoms with Crippen molar-refractivity contribution in [2.75, 3.05) is 6.61 Å². The number of benzene rings is 1. The lowest BCUT2D eigenvalue weighted by molar-refractivity contribution is -0.174. The molecule has 1 aliphatic rings. The second kappa shape index (κ2) is 3.93. The molecule has 0 atom stereocenters. The van der Waals surface area contributed by atoms with Gasteiger partial charge in [-0.15, -0.1) is 11.6 Å². The van der Waals surface area contributed by atoms with Gasteiger partial charge < -0.3 is 19.9 Å². The number of hydrogen-bond acceptors (Lipinski definition) is 4. The van der Waals surface area contributed by atoms with E-state index in [-0.39, 0.29) is 33.7 Å². The van der Waals surface area contributed by atoms with Crippen LogP contribution in [-0.4, -0.2) is 21.8 Å². The van der Waals surface area contributed by atoms with Crippen LogP contribution in [0.25, 0.3) is 10.9 Å². The molecule has 2 heterocycles. The van der Waals surface area contributed by atoms with Crippen LogP contribution in [-0.2, 0) is 11.7 Å². The molecular weight excluding hydrogens is 277 g/mol. The summed E-state index contributed by atoms with van der Waals surface area (Å²) < 4.78 is 19.2. The topological polar surface area (TPSA) is 82.6 Å². The number of ether oxygens (including phenoxy) is 1. The highest BCUT2D eigenvalue weighted by atomic mass is 35.5. The lowest BCUT2D eigenvalue weighted by atomic mass is 10.0. The summed E-state index contributed by atoms with van der Waals surface area (Å²) in [6.07, 6.45) is 0. The molecule has 1 aromatic heterocycles. The average Bonchev–Trinajstić information content (AvgIpc) is 2.68. The maximum Gasteiger partial charge on any atom is 0.261 e. The predicted octanol–water partition coefficient (Wildman–Crippen LogP) is 0.936. The summed E-state index contributed by atoms with van der Waals surface area (Å²) >= 11 is 5.59. The van der Waals surface area contributed by atoms with E-state index in [0.717, 1.165) is 0 Å². The van der Waals surface area contributed by atoms with Gasteiger partial charge in [-0.3, -0.25) is 4.79 Å². The first-order valence-corrected chi connectivity index (χ1v) is 6.00. The number of nitrogens with one attached hydrogen (secondary N) is 1. The van der Waals surface area contributed by atoms with Crippen molar-refractivity contribution in [1.29, 1.82) is 0 Å². The third-order valence-corrected chi connectivity index (χ3v) is 3.41. The SMILES string of the molecule is O=c1[nH]c2c(F)c(CCl)ccc2c2c1C(O)(O)CO2. The van der Waals surface area contributed by atoms with Gasteiger partial charge >= 0.3 is 0 Å². The van der Waals surface area contributed by atoms with Crippen LogP contribution in [0.3, 0.4) is 0 Å². The number of fused-ring (bicyclic) bond motifs is 3. The Morgan fingerprint density at radius 1 is 1.47 bits per heavy atom. The Bertz CT molecular complexity index is 741. The molecule has 0 unspecified atom stereocenters. The van der Waals surface area contributed by atoms with Gasteiger partial charge in [0, 0.05) is 10.9 Å². The Hall–Kier alpha value is -1.63. The highest BCUT2D eigenvalue weighted by Crippen LogP contribution is 2.38. The van der Waals surface area contributed by atoms with Gasteiger partial charge in [0.2, 0.25) is 5.79 Å². The molecule has 0 aliphatic carbocycles. The van der Waals surface area contributed by atoms with E-state index in [4.69, 9.17) is 16.3 Å². The van der Waals surface area contributed by atoms with Gasteiger partial charge in [0.1, 0.15) is 17.9 Å². The van der Waals surface area contributed by atoms with E-state index in [9.17, 15) is 19.4 Å². The minimum atomic E-state index is -2.36. The van der Waals surface area contributed by atoms with Crippen LogP contribution in [0.1, 0.15) is 11.1 Å². The fraction of sp³-hybridized carbons (Fsp3) is 0.250. The van der Waals surface area contributed by atoms with Crippen LogP contribution >= 0.6 is 11.6 Å². The van der Waals surface area contributed by atoms with Gasteiger partial charge in [-0.05, 0) is 6.07 Å². The summed E-state index contributed by atoms with van der Waals surface area (Å²) in [7, 11) is 0. The molecule has 3 N–H and O–H groups in total. The quantitative estimate of drug-likeness (QED) is 0.538. The van der Waals surface area contributed by atoms with E-state index in [0.29, 0.717) is 0 Å². The Kier molecular flexibility index (Phi) is 2.57. The van der Waals surface area contributed by atoms with E-state index in [1.54, 1.807) is 0 Å². The highest BCUT2D eigenvalue weighted by molar-refractivity contribution is 6.17. The van der Waals surface area contributed by atoms with Crippen LogP contribution in [0.4, 0.5) is 4.39 Å². The first-order valence-electron chi connectivity index (χ1n) is 5.47. The number of alkyl halides is 1. The second-order valence-electron chi connectivity index (χ2n) is 4.36. The minimum absolute atomic E-state index is 0.0104. The van der Waals surface area contributed by atoms with E-state index >= 15 is 0 Å². The maximum atomic E-state index is 14.1. The molecule has 0 bridgehead atoms. The number of H-pyrrole nitrogens is 1. The summed E-state index contributed by atoms with van der Waals surface area (Å²) in [4.78, 5) is 14.1. The van der Waals surface area contributed by atoms with Crippen LogP contribution < -0.4 is 10.3 Å². The molecule has 100 valence electrons. The molecule has 7 heteroatoms. The smallest absolute Gasteiger partial charge is 0.261 e. The molecule has 3 rings (SSSR count). The normalized spacial score (nSPS) is 16.4. The zero-order valence-corrected chi connectivity index (χ0v) is 10.3. The summed E-state index contributed by atoms with van der Waals surface area (Å²) in [5.41, 5.74) is -0.921.